The molecule has 0 aliphatic heterocycles. The molecule has 0 saturated heterocycles. The molecular weight excluding hydrogens is 368 g/mol. The van der Waals surface area contributed by atoms with Crippen LogP contribution >= 0.6 is 0 Å². The summed E-state index contributed by atoms with van der Waals surface area (Å²) in [4.78, 5) is 10.8. The third-order valence-corrected chi connectivity index (χ3v) is 10.5. The minimum Gasteiger partial charge on any atom is -0.464 e. The molecule has 3 saturated carbocycles. The van der Waals surface area contributed by atoms with Crippen LogP contribution in [0.25, 0.3) is 0 Å². The van der Waals surface area contributed by atoms with E-state index in [0.717, 1.165) is 48.3 Å². The highest BCUT2D eigenvalue weighted by molar-refractivity contribution is 5.38. The SMILES string of the molecule is CC(C)CCC[C@@H](C)[C@@H]1CC[C@@H]2[C@H]3CC=C4C[C@@H](OC=O)CC[C@]4(C)[C@@H]3CC[C@@]21C. The highest BCUT2D eigenvalue weighted by atomic mass is 16.5. The first-order valence-corrected chi connectivity index (χ1v) is 13.1. The van der Waals surface area contributed by atoms with Crippen molar-refractivity contribution in [3.63, 3.8) is 0 Å². The molecule has 2 heteroatoms. The van der Waals surface area contributed by atoms with E-state index in [2.05, 4.69) is 40.7 Å². The maximum absolute atomic E-state index is 10.8. The Morgan fingerprint density at radius 3 is 2.60 bits per heavy atom. The Hall–Kier alpha value is -0.790. The van der Waals surface area contributed by atoms with Crippen molar-refractivity contribution in [3.05, 3.63) is 11.6 Å². The highest BCUT2D eigenvalue weighted by Crippen LogP contribution is 2.67. The first-order chi connectivity index (χ1) is 14.3. The molecule has 0 N–H and O–H groups in total. The zero-order chi connectivity index (χ0) is 21.5. The quantitative estimate of drug-likeness (QED) is 0.317. The average Bonchev–Trinajstić information content (AvgIpc) is 3.05. The van der Waals surface area contributed by atoms with Gasteiger partial charge >= 0.3 is 0 Å². The Kier molecular flexibility index (Phi) is 6.44. The molecule has 3 fully saturated rings. The van der Waals surface area contributed by atoms with E-state index in [9.17, 15) is 4.79 Å². The highest BCUT2D eigenvalue weighted by Gasteiger charge is 2.59. The first kappa shape index (κ1) is 22.4. The summed E-state index contributed by atoms with van der Waals surface area (Å²) in [6, 6.07) is 0. The Morgan fingerprint density at radius 2 is 1.87 bits per heavy atom. The topological polar surface area (TPSA) is 26.3 Å². The third kappa shape index (κ3) is 3.79. The molecule has 0 aromatic rings. The van der Waals surface area contributed by atoms with Crippen LogP contribution in [0.3, 0.4) is 0 Å². The van der Waals surface area contributed by atoms with Gasteiger partial charge in [0.05, 0.1) is 0 Å². The number of ether oxygens (including phenoxy) is 1. The van der Waals surface area contributed by atoms with Crippen molar-refractivity contribution in [2.24, 2.45) is 46.3 Å². The Balaban J connectivity index is 1.47. The van der Waals surface area contributed by atoms with Crippen molar-refractivity contribution < 1.29 is 9.53 Å². The molecule has 0 aromatic carbocycles. The molecule has 8 atom stereocenters. The number of hydrogen-bond donors (Lipinski definition) is 0. The minimum absolute atomic E-state index is 0.120. The second kappa shape index (κ2) is 8.62. The zero-order valence-corrected chi connectivity index (χ0v) is 20.3. The average molecular weight is 415 g/mol. The van der Waals surface area contributed by atoms with E-state index in [1.807, 2.05) is 0 Å². The monoisotopic (exact) mass is 414 g/mol. The Labute approximate surface area is 185 Å². The normalized spacial score (nSPS) is 43.9. The van der Waals surface area contributed by atoms with Crippen molar-refractivity contribution in [3.8, 4) is 0 Å². The van der Waals surface area contributed by atoms with Crippen LogP contribution in [0, 0.1) is 46.3 Å². The number of carbonyl (C=O) groups excluding carboxylic acids is 1. The molecule has 0 heterocycles. The molecule has 0 aromatic heterocycles. The fourth-order valence-electron chi connectivity index (χ4n) is 8.85. The number of carbonyl (C=O) groups is 1. The summed E-state index contributed by atoms with van der Waals surface area (Å²) in [6.07, 6.45) is 17.2. The van der Waals surface area contributed by atoms with E-state index in [0.29, 0.717) is 17.3 Å². The van der Waals surface area contributed by atoms with Crippen LogP contribution in [-0.4, -0.2) is 12.6 Å². The first-order valence-electron chi connectivity index (χ1n) is 13.1. The molecule has 0 radical (unpaired) electrons. The van der Waals surface area contributed by atoms with Crippen molar-refractivity contribution in [1.82, 2.24) is 0 Å². The lowest BCUT2D eigenvalue weighted by molar-refractivity contribution is -0.136. The number of hydrogen-bond acceptors (Lipinski definition) is 2. The molecule has 2 nitrogen and oxygen atoms in total. The van der Waals surface area contributed by atoms with Gasteiger partial charge in [-0.2, -0.15) is 0 Å². The van der Waals surface area contributed by atoms with Gasteiger partial charge in [0.25, 0.3) is 6.47 Å². The Bertz CT molecular complexity index is 651. The van der Waals surface area contributed by atoms with Crippen LogP contribution in [0.2, 0.25) is 0 Å². The van der Waals surface area contributed by atoms with E-state index >= 15 is 0 Å². The van der Waals surface area contributed by atoms with Crippen LogP contribution in [0.15, 0.2) is 11.6 Å². The molecule has 0 unspecified atom stereocenters. The van der Waals surface area contributed by atoms with Gasteiger partial charge in [-0.15, -0.1) is 0 Å². The maximum atomic E-state index is 10.8. The van der Waals surface area contributed by atoms with Gasteiger partial charge in [-0.05, 0) is 91.3 Å². The standard InChI is InChI=1S/C28H46O2/c1-19(2)7-6-8-20(3)24-11-12-25-23-10-9-21-17-22(30-18-29)13-15-27(21,4)26(23)14-16-28(24,25)5/h9,18-20,22-26H,6-8,10-17H2,1-5H3/t20-,22+,23-,24+,25-,26-,27+,28-/m1/s1. The van der Waals surface area contributed by atoms with Crippen molar-refractivity contribution in [2.75, 3.05) is 0 Å². The van der Waals surface area contributed by atoms with Gasteiger partial charge in [-0.3, -0.25) is 4.79 Å². The maximum Gasteiger partial charge on any atom is 0.293 e. The van der Waals surface area contributed by atoms with E-state index in [-0.39, 0.29) is 6.10 Å². The van der Waals surface area contributed by atoms with Crippen LogP contribution in [0.5, 0.6) is 0 Å². The molecule has 4 aliphatic rings. The molecular formula is C28H46O2. The summed E-state index contributed by atoms with van der Waals surface area (Å²) in [6.45, 7) is 13.2. The number of fused-ring (bicyclic) bond motifs is 5. The summed E-state index contributed by atoms with van der Waals surface area (Å²) in [5, 5.41) is 0. The lowest BCUT2D eigenvalue weighted by Crippen LogP contribution is -2.51. The molecule has 170 valence electrons. The predicted octanol–water partition coefficient (Wildman–Crippen LogP) is 7.57. The number of rotatable bonds is 7. The van der Waals surface area contributed by atoms with E-state index in [4.69, 9.17) is 4.74 Å². The molecule has 30 heavy (non-hydrogen) atoms. The summed E-state index contributed by atoms with van der Waals surface area (Å²) in [5.41, 5.74) is 2.54. The van der Waals surface area contributed by atoms with Crippen LogP contribution in [0.1, 0.15) is 105 Å². The number of allylic oxidation sites excluding steroid dienone is 1. The van der Waals surface area contributed by atoms with Crippen molar-refractivity contribution in [1.29, 1.82) is 0 Å². The molecule has 0 bridgehead atoms. The summed E-state index contributed by atoms with van der Waals surface area (Å²) in [7, 11) is 0. The molecule has 0 spiro atoms. The second-order valence-electron chi connectivity index (χ2n) is 12.4. The molecule has 4 rings (SSSR count). The summed E-state index contributed by atoms with van der Waals surface area (Å²) in [5.74, 6) is 5.32. The second-order valence-corrected chi connectivity index (χ2v) is 12.4. The lowest BCUT2D eigenvalue weighted by Gasteiger charge is -2.58. The van der Waals surface area contributed by atoms with Gasteiger partial charge < -0.3 is 4.74 Å². The third-order valence-electron chi connectivity index (χ3n) is 10.5. The van der Waals surface area contributed by atoms with Gasteiger partial charge in [-0.1, -0.05) is 65.5 Å². The predicted molar refractivity (Wildman–Crippen MR) is 124 cm³/mol. The fourth-order valence-corrected chi connectivity index (χ4v) is 8.85. The van der Waals surface area contributed by atoms with Gasteiger partial charge in [0.2, 0.25) is 0 Å². The van der Waals surface area contributed by atoms with E-state index in [1.165, 1.54) is 57.8 Å². The fraction of sp³-hybridized carbons (Fsp3) is 0.893. The summed E-state index contributed by atoms with van der Waals surface area (Å²) < 4.78 is 5.36. The van der Waals surface area contributed by atoms with Crippen molar-refractivity contribution in [2.45, 2.75) is 111 Å². The molecule has 4 aliphatic carbocycles. The van der Waals surface area contributed by atoms with Gasteiger partial charge in [0.1, 0.15) is 6.10 Å². The largest absolute Gasteiger partial charge is 0.464 e. The minimum atomic E-state index is 0.120. The van der Waals surface area contributed by atoms with Crippen LogP contribution in [0.4, 0.5) is 0 Å². The lowest BCUT2D eigenvalue weighted by atomic mass is 9.47. The summed E-state index contributed by atoms with van der Waals surface area (Å²) >= 11 is 0. The van der Waals surface area contributed by atoms with Crippen LogP contribution < -0.4 is 0 Å². The van der Waals surface area contributed by atoms with Gasteiger partial charge in [0.15, 0.2) is 0 Å². The molecule has 0 amide bonds. The Morgan fingerprint density at radius 1 is 1.07 bits per heavy atom. The van der Waals surface area contributed by atoms with E-state index in [1.54, 1.807) is 5.57 Å². The smallest absolute Gasteiger partial charge is 0.293 e. The van der Waals surface area contributed by atoms with Gasteiger partial charge in [0, 0.05) is 6.42 Å². The van der Waals surface area contributed by atoms with Crippen LogP contribution in [-0.2, 0) is 9.53 Å². The van der Waals surface area contributed by atoms with Crippen molar-refractivity contribution >= 4 is 6.47 Å². The zero-order valence-electron chi connectivity index (χ0n) is 20.3. The van der Waals surface area contributed by atoms with Gasteiger partial charge in [-0.25, -0.2) is 0 Å². The van der Waals surface area contributed by atoms with E-state index < -0.39 is 0 Å².